The van der Waals surface area contributed by atoms with Gasteiger partial charge in [-0.3, -0.25) is 4.79 Å². The lowest BCUT2D eigenvalue weighted by Gasteiger charge is -2.57. The lowest BCUT2D eigenvalue weighted by Crippen LogP contribution is -2.59. The molecule has 0 heterocycles. The number of rotatable bonds is 5. The average molecular weight is 397 g/mol. The van der Waals surface area contributed by atoms with Crippen LogP contribution in [0.2, 0.25) is 5.02 Å². The second-order valence-corrected chi connectivity index (χ2v) is 10.9. The van der Waals surface area contributed by atoms with Crippen LogP contribution in [0.5, 0.6) is 0 Å². The molecule has 0 aliphatic heterocycles. The van der Waals surface area contributed by atoms with E-state index in [1.165, 1.54) is 56.7 Å². The van der Waals surface area contributed by atoms with Crippen molar-refractivity contribution in [3.63, 3.8) is 0 Å². The summed E-state index contributed by atoms with van der Waals surface area (Å²) in [5.74, 6) is 2.27. The van der Waals surface area contributed by atoms with Crippen molar-refractivity contribution in [2.24, 2.45) is 17.8 Å². The average Bonchev–Trinajstić information content (AvgIpc) is 2.53. The molecule has 7 heteroatoms. The summed E-state index contributed by atoms with van der Waals surface area (Å²) in [6, 6.07) is 4.36. The number of sulfone groups is 1. The van der Waals surface area contributed by atoms with E-state index in [9.17, 15) is 13.2 Å². The van der Waals surface area contributed by atoms with Gasteiger partial charge in [-0.1, -0.05) is 11.6 Å². The van der Waals surface area contributed by atoms with Gasteiger partial charge in [0, 0.05) is 11.8 Å². The van der Waals surface area contributed by atoms with Crippen LogP contribution in [0.25, 0.3) is 0 Å². The van der Waals surface area contributed by atoms with Gasteiger partial charge < -0.3 is 10.6 Å². The summed E-state index contributed by atoms with van der Waals surface area (Å²) >= 11 is 6.12. The molecule has 5 nitrogen and oxygen atoms in total. The van der Waals surface area contributed by atoms with E-state index in [0.29, 0.717) is 10.7 Å². The van der Waals surface area contributed by atoms with Crippen LogP contribution in [0.3, 0.4) is 0 Å². The molecule has 1 aromatic rings. The molecular formula is C19H25ClN2O3S. The zero-order valence-corrected chi connectivity index (χ0v) is 16.5. The van der Waals surface area contributed by atoms with E-state index in [1.54, 1.807) is 0 Å². The van der Waals surface area contributed by atoms with Crippen molar-refractivity contribution in [2.45, 2.75) is 49.0 Å². The number of amides is 1. The summed E-state index contributed by atoms with van der Waals surface area (Å²) in [5, 5.41) is 6.63. The van der Waals surface area contributed by atoms with E-state index in [1.807, 2.05) is 0 Å². The third-order valence-corrected chi connectivity index (χ3v) is 7.74. The van der Waals surface area contributed by atoms with Gasteiger partial charge in [-0.25, -0.2) is 8.42 Å². The quantitative estimate of drug-likeness (QED) is 0.801. The minimum Gasteiger partial charge on any atom is -0.324 e. The maximum absolute atomic E-state index is 12.4. The molecule has 0 atom stereocenters. The number of benzene rings is 1. The minimum atomic E-state index is -3.35. The third kappa shape index (κ3) is 3.64. The smallest absolute Gasteiger partial charge is 0.238 e. The summed E-state index contributed by atoms with van der Waals surface area (Å²) in [6.07, 6.45) is 8.75. The van der Waals surface area contributed by atoms with Crippen molar-refractivity contribution in [1.29, 1.82) is 0 Å². The van der Waals surface area contributed by atoms with Crippen LogP contribution in [0.15, 0.2) is 23.1 Å². The summed E-state index contributed by atoms with van der Waals surface area (Å²) in [4.78, 5) is 12.6. The molecule has 1 aromatic carbocycles. The fourth-order valence-corrected chi connectivity index (χ4v) is 6.43. The third-order valence-electron chi connectivity index (χ3n) is 6.30. The summed E-state index contributed by atoms with van der Waals surface area (Å²) < 4.78 is 23.4. The number of hydrogen-bond donors (Lipinski definition) is 2. The summed E-state index contributed by atoms with van der Waals surface area (Å²) in [7, 11) is -3.35. The Morgan fingerprint density at radius 1 is 1.15 bits per heavy atom. The second-order valence-electron chi connectivity index (χ2n) is 8.51. The van der Waals surface area contributed by atoms with Crippen LogP contribution in [0.1, 0.15) is 38.5 Å². The zero-order valence-electron chi connectivity index (χ0n) is 14.9. The first-order valence-corrected chi connectivity index (χ1v) is 11.5. The molecule has 0 radical (unpaired) electrons. The molecule has 4 fully saturated rings. The maximum atomic E-state index is 12.4. The molecule has 0 saturated heterocycles. The Kier molecular flexibility index (Phi) is 4.56. The largest absolute Gasteiger partial charge is 0.324 e. The van der Waals surface area contributed by atoms with E-state index in [-0.39, 0.29) is 22.9 Å². The molecule has 0 spiro atoms. The van der Waals surface area contributed by atoms with Crippen molar-refractivity contribution < 1.29 is 13.2 Å². The number of anilines is 1. The number of nitrogens with one attached hydrogen (secondary N) is 2. The molecule has 4 aliphatic carbocycles. The van der Waals surface area contributed by atoms with E-state index in [4.69, 9.17) is 11.6 Å². The standard InChI is InChI=1S/C19H25ClN2O3S/c1-26(24,25)15-2-3-16(20)17(7-15)22-18(23)11-21-19-8-12-4-13(9-19)6-14(5-12)10-19/h2-3,7,12-14,21H,4-6,8-11H2,1H3,(H,22,23). The number of carbonyl (C=O) groups excluding carboxylic acids is 1. The SMILES string of the molecule is CS(=O)(=O)c1ccc(Cl)c(NC(=O)CNC23CC4CC(CC(C4)C2)C3)c1. The van der Waals surface area contributed by atoms with Gasteiger partial charge in [0.25, 0.3) is 0 Å². The first kappa shape index (κ1) is 18.3. The molecule has 1 amide bonds. The Hall–Kier alpha value is -1.11. The highest BCUT2D eigenvalue weighted by Gasteiger charge is 2.50. The lowest BCUT2D eigenvalue weighted by molar-refractivity contribution is -0.116. The van der Waals surface area contributed by atoms with Crippen molar-refractivity contribution in [2.75, 3.05) is 18.1 Å². The molecule has 0 unspecified atom stereocenters. The fraction of sp³-hybridized carbons (Fsp3) is 0.632. The van der Waals surface area contributed by atoms with Crippen LogP contribution in [0, 0.1) is 17.8 Å². The molecule has 142 valence electrons. The van der Waals surface area contributed by atoms with E-state index in [0.717, 1.165) is 24.0 Å². The van der Waals surface area contributed by atoms with E-state index >= 15 is 0 Å². The maximum Gasteiger partial charge on any atom is 0.238 e. The zero-order chi connectivity index (χ0) is 18.5. The van der Waals surface area contributed by atoms with Crippen LogP contribution >= 0.6 is 11.6 Å². The Bertz CT molecular complexity index is 802. The van der Waals surface area contributed by atoms with Crippen LogP contribution < -0.4 is 10.6 Å². The van der Waals surface area contributed by atoms with Crippen molar-refractivity contribution in [3.05, 3.63) is 23.2 Å². The topological polar surface area (TPSA) is 75.3 Å². The summed E-state index contributed by atoms with van der Waals surface area (Å²) in [6.45, 7) is 0.228. The number of halogens is 1. The fourth-order valence-electron chi connectivity index (χ4n) is 5.62. The predicted molar refractivity (Wildman–Crippen MR) is 102 cm³/mol. The van der Waals surface area contributed by atoms with Crippen LogP contribution in [0.4, 0.5) is 5.69 Å². The van der Waals surface area contributed by atoms with Gasteiger partial charge >= 0.3 is 0 Å². The van der Waals surface area contributed by atoms with Gasteiger partial charge in [0.05, 0.1) is 22.2 Å². The highest BCUT2D eigenvalue weighted by atomic mass is 35.5. The molecule has 4 saturated carbocycles. The van der Waals surface area contributed by atoms with Gasteiger partial charge in [0.15, 0.2) is 9.84 Å². The molecule has 2 N–H and O–H groups in total. The van der Waals surface area contributed by atoms with Crippen LogP contribution in [-0.4, -0.2) is 32.7 Å². The first-order valence-electron chi connectivity index (χ1n) is 9.27. The van der Waals surface area contributed by atoms with Crippen LogP contribution in [-0.2, 0) is 14.6 Å². The molecule has 5 rings (SSSR count). The van der Waals surface area contributed by atoms with Gasteiger partial charge in [0.1, 0.15) is 0 Å². The van der Waals surface area contributed by atoms with E-state index in [2.05, 4.69) is 10.6 Å². The highest BCUT2D eigenvalue weighted by Crippen LogP contribution is 2.55. The first-order chi connectivity index (χ1) is 12.2. The number of carbonyl (C=O) groups is 1. The van der Waals surface area contributed by atoms with Crippen molar-refractivity contribution >= 4 is 33.0 Å². The van der Waals surface area contributed by atoms with Crippen molar-refractivity contribution in [3.8, 4) is 0 Å². The predicted octanol–water partition coefficient (Wildman–Crippen LogP) is 3.24. The molecular weight excluding hydrogens is 372 g/mol. The Labute approximate surface area is 159 Å². The van der Waals surface area contributed by atoms with E-state index < -0.39 is 9.84 Å². The lowest BCUT2D eigenvalue weighted by atomic mass is 9.53. The highest BCUT2D eigenvalue weighted by molar-refractivity contribution is 7.90. The Balaban J connectivity index is 1.41. The van der Waals surface area contributed by atoms with Crippen molar-refractivity contribution in [1.82, 2.24) is 5.32 Å². The van der Waals surface area contributed by atoms with Gasteiger partial charge in [-0.2, -0.15) is 0 Å². The molecule has 4 aliphatic rings. The normalized spacial score (nSPS) is 32.6. The van der Waals surface area contributed by atoms with Gasteiger partial charge in [-0.05, 0) is 74.5 Å². The van der Waals surface area contributed by atoms with Gasteiger partial charge in [0.2, 0.25) is 5.91 Å². The Morgan fingerprint density at radius 2 is 1.73 bits per heavy atom. The minimum absolute atomic E-state index is 0.116. The molecule has 26 heavy (non-hydrogen) atoms. The Morgan fingerprint density at radius 3 is 2.27 bits per heavy atom. The molecule has 4 bridgehead atoms. The monoisotopic (exact) mass is 396 g/mol. The number of hydrogen-bond acceptors (Lipinski definition) is 4. The second kappa shape index (κ2) is 6.50. The summed E-state index contributed by atoms with van der Waals surface area (Å²) in [5.41, 5.74) is 0.455. The molecule has 0 aromatic heterocycles. The van der Waals surface area contributed by atoms with Gasteiger partial charge in [-0.15, -0.1) is 0 Å².